The number of epoxide rings is 1. The van der Waals surface area contributed by atoms with Crippen LogP contribution >= 0.6 is 0 Å². The molecule has 0 saturated carbocycles. The number of likely N-dealkylation sites (tertiary alicyclic amines) is 1. The predicted molar refractivity (Wildman–Crippen MR) is 156 cm³/mol. The third-order valence-corrected chi connectivity index (χ3v) is 9.07. The summed E-state index contributed by atoms with van der Waals surface area (Å²) in [7, 11) is 3.51. The van der Waals surface area contributed by atoms with Crippen LogP contribution in [0.1, 0.15) is 67.2 Å². The Hall–Kier alpha value is -1.98. The van der Waals surface area contributed by atoms with Gasteiger partial charge in [0.1, 0.15) is 6.10 Å². The van der Waals surface area contributed by atoms with E-state index in [0.29, 0.717) is 19.5 Å². The number of aliphatic carboxylic acids is 1. The van der Waals surface area contributed by atoms with Crippen LogP contribution in [0.4, 0.5) is 4.79 Å². The van der Waals surface area contributed by atoms with Crippen molar-refractivity contribution in [2.24, 2.45) is 17.8 Å². The molecule has 1 amide bonds. The van der Waals surface area contributed by atoms with Gasteiger partial charge in [0, 0.05) is 44.5 Å². The van der Waals surface area contributed by atoms with Gasteiger partial charge in [0.15, 0.2) is 0 Å². The van der Waals surface area contributed by atoms with Gasteiger partial charge in [-0.05, 0) is 52.2 Å². The minimum absolute atomic E-state index is 0.0298. The Kier molecular flexibility index (Phi) is 11.8. The SMILES string of the molecule is CNC1CCN(C(=O)O[C@@H]2C[C@H](CC(=O)O)O[C@H](/C(C)=C/C=C/[C@@H](C)C[C@@]3(C)O[C@@H]3[C@H](C)[C@@H](OC)[C@@H](C)O)[C@H]2C)C1. The van der Waals surface area contributed by atoms with Crippen molar-refractivity contribution in [2.45, 2.75) is 115 Å². The lowest BCUT2D eigenvalue weighted by Gasteiger charge is -2.40. The number of methoxy groups -OCH3 is 1. The molecule has 11 atom stereocenters. The van der Waals surface area contributed by atoms with Crippen molar-refractivity contribution in [3.63, 3.8) is 0 Å². The maximum Gasteiger partial charge on any atom is 0.410 e. The molecule has 0 aromatic carbocycles. The van der Waals surface area contributed by atoms with Gasteiger partial charge in [-0.1, -0.05) is 39.0 Å². The van der Waals surface area contributed by atoms with Crippen LogP contribution in [0.2, 0.25) is 0 Å². The first-order valence-corrected chi connectivity index (χ1v) is 15.0. The van der Waals surface area contributed by atoms with E-state index in [1.807, 2.05) is 33.0 Å². The molecule has 0 bridgehead atoms. The van der Waals surface area contributed by atoms with Crippen LogP contribution in [0.15, 0.2) is 23.8 Å². The fourth-order valence-electron chi connectivity index (χ4n) is 6.73. The van der Waals surface area contributed by atoms with Gasteiger partial charge in [0.05, 0.1) is 42.5 Å². The number of ether oxygens (including phenoxy) is 4. The number of hydrogen-bond acceptors (Lipinski definition) is 8. The molecule has 41 heavy (non-hydrogen) atoms. The number of aliphatic hydroxyl groups is 1. The van der Waals surface area contributed by atoms with Crippen molar-refractivity contribution < 1.29 is 38.7 Å². The average Bonchev–Trinajstić information content (AvgIpc) is 3.31. The number of amides is 1. The number of allylic oxidation sites excluding steroid dienone is 3. The van der Waals surface area contributed by atoms with E-state index in [-0.39, 0.29) is 60.2 Å². The van der Waals surface area contributed by atoms with Crippen LogP contribution < -0.4 is 5.32 Å². The van der Waals surface area contributed by atoms with E-state index in [2.05, 4.69) is 32.2 Å². The summed E-state index contributed by atoms with van der Waals surface area (Å²) in [4.78, 5) is 26.1. The molecule has 10 nitrogen and oxygen atoms in total. The van der Waals surface area contributed by atoms with Crippen LogP contribution in [-0.2, 0) is 23.7 Å². The van der Waals surface area contributed by atoms with Crippen molar-refractivity contribution in [1.29, 1.82) is 0 Å². The number of hydrogen-bond donors (Lipinski definition) is 3. The number of nitrogens with zero attached hydrogens (tertiary/aromatic N) is 1. The molecule has 3 heterocycles. The van der Waals surface area contributed by atoms with Gasteiger partial charge in [-0.3, -0.25) is 4.79 Å². The summed E-state index contributed by atoms with van der Waals surface area (Å²) in [5, 5.41) is 22.6. The van der Waals surface area contributed by atoms with Crippen LogP contribution in [0, 0.1) is 17.8 Å². The fourth-order valence-corrected chi connectivity index (χ4v) is 6.73. The largest absolute Gasteiger partial charge is 0.481 e. The first-order valence-electron chi connectivity index (χ1n) is 15.0. The number of likely N-dealkylation sites (N-methyl/N-ethyl adjacent to an activating group) is 1. The van der Waals surface area contributed by atoms with Gasteiger partial charge in [0.2, 0.25) is 0 Å². The maximum atomic E-state index is 12.9. The highest BCUT2D eigenvalue weighted by Gasteiger charge is 2.56. The normalized spacial score (nSPS) is 35.2. The number of carbonyl (C=O) groups is 2. The molecule has 234 valence electrons. The van der Waals surface area contributed by atoms with E-state index in [9.17, 15) is 19.8 Å². The zero-order valence-electron chi connectivity index (χ0n) is 26.0. The molecular formula is C31H52N2O8. The summed E-state index contributed by atoms with van der Waals surface area (Å²) in [6.07, 6.45) is 5.58. The zero-order valence-corrected chi connectivity index (χ0v) is 26.0. The fraction of sp³-hybridized carbons (Fsp3) is 0.806. The minimum atomic E-state index is -0.936. The van der Waals surface area contributed by atoms with Crippen LogP contribution in [-0.4, -0.2) is 103 Å². The highest BCUT2D eigenvalue weighted by molar-refractivity contribution is 5.68. The van der Waals surface area contributed by atoms with Gasteiger partial charge in [-0.25, -0.2) is 4.79 Å². The molecule has 3 fully saturated rings. The summed E-state index contributed by atoms with van der Waals surface area (Å²) < 4.78 is 23.8. The van der Waals surface area contributed by atoms with E-state index >= 15 is 0 Å². The van der Waals surface area contributed by atoms with Crippen molar-refractivity contribution in [2.75, 3.05) is 27.2 Å². The molecule has 0 aromatic heterocycles. The molecule has 3 aliphatic heterocycles. The van der Waals surface area contributed by atoms with Crippen LogP contribution in [0.3, 0.4) is 0 Å². The van der Waals surface area contributed by atoms with Crippen molar-refractivity contribution in [3.05, 3.63) is 23.8 Å². The number of aliphatic hydroxyl groups excluding tert-OH is 1. The molecule has 1 unspecified atom stereocenters. The van der Waals surface area contributed by atoms with Gasteiger partial charge in [0.25, 0.3) is 0 Å². The highest BCUT2D eigenvalue weighted by Crippen LogP contribution is 2.47. The molecule has 0 aromatic rings. The first-order chi connectivity index (χ1) is 19.3. The Morgan fingerprint density at radius 2 is 1.98 bits per heavy atom. The molecule has 0 aliphatic carbocycles. The number of carboxylic acids is 1. The third-order valence-electron chi connectivity index (χ3n) is 9.07. The lowest BCUT2D eigenvalue weighted by molar-refractivity contribution is -0.151. The molecule has 10 heteroatoms. The van der Waals surface area contributed by atoms with Crippen molar-refractivity contribution >= 4 is 12.1 Å². The molecule has 0 radical (unpaired) electrons. The second-order valence-electron chi connectivity index (χ2n) is 12.6. The minimum Gasteiger partial charge on any atom is -0.481 e. The standard InChI is InChI=1S/C31H52N2O8/c1-18(16-31(6)29(41-31)21(4)28(38-8)22(5)34)10-9-11-19(2)27-20(3)25(14-24(39-27)15-26(35)36)40-30(37)33-13-12-23(17-33)32-7/h9-11,18,20-25,27-29,32,34H,12-17H2,1-8H3,(H,35,36)/b10-9+,19-11+/t18-,20+,21-,22-,23?,24-,25-,27-,28-,29-,31-/m1/s1. The summed E-state index contributed by atoms with van der Waals surface area (Å²) in [5.41, 5.74) is 0.687. The van der Waals surface area contributed by atoms with Crippen LogP contribution in [0.25, 0.3) is 0 Å². The van der Waals surface area contributed by atoms with Gasteiger partial charge in [-0.2, -0.15) is 0 Å². The quantitative estimate of drug-likeness (QED) is 0.220. The summed E-state index contributed by atoms with van der Waals surface area (Å²) in [5.74, 6) is -0.746. The van der Waals surface area contributed by atoms with Crippen molar-refractivity contribution in [1.82, 2.24) is 10.2 Å². The van der Waals surface area contributed by atoms with Gasteiger partial charge < -0.3 is 39.4 Å². The molecule has 3 saturated heterocycles. The monoisotopic (exact) mass is 580 g/mol. The van der Waals surface area contributed by atoms with E-state index < -0.39 is 24.3 Å². The second kappa shape index (κ2) is 14.5. The Bertz CT molecular complexity index is 954. The van der Waals surface area contributed by atoms with E-state index in [1.54, 1.807) is 18.9 Å². The number of carboxylic acid groups (broad SMARTS) is 1. The summed E-state index contributed by atoms with van der Waals surface area (Å²) in [6, 6.07) is 0.261. The summed E-state index contributed by atoms with van der Waals surface area (Å²) in [6.45, 7) is 13.3. The Labute approximate surface area is 245 Å². The summed E-state index contributed by atoms with van der Waals surface area (Å²) >= 11 is 0. The molecule has 3 aliphatic rings. The molecule has 0 spiro atoms. The molecule has 3 rings (SSSR count). The topological polar surface area (TPSA) is 130 Å². The van der Waals surface area contributed by atoms with Crippen LogP contribution in [0.5, 0.6) is 0 Å². The van der Waals surface area contributed by atoms with Gasteiger partial charge in [-0.15, -0.1) is 0 Å². The third kappa shape index (κ3) is 8.76. The zero-order chi connectivity index (χ0) is 30.5. The number of rotatable bonds is 13. The van der Waals surface area contributed by atoms with E-state index in [4.69, 9.17) is 18.9 Å². The van der Waals surface area contributed by atoms with E-state index in [1.165, 1.54) is 0 Å². The van der Waals surface area contributed by atoms with E-state index in [0.717, 1.165) is 18.4 Å². The Morgan fingerprint density at radius 1 is 1.27 bits per heavy atom. The number of nitrogens with one attached hydrogen (secondary N) is 1. The number of carbonyl (C=O) groups excluding carboxylic acids is 1. The first kappa shape index (κ1) is 33.5. The molecule has 3 N–H and O–H groups in total. The second-order valence-corrected chi connectivity index (χ2v) is 12.6. The lowest BCUT2D eigenvalue weighted by Crippen LogP contribution is -2.47. The predicted octanol–water partition coefficient (Wildman–Crippen LogP) is 3.77. The Balaban J connectivity index is 1.61. The molecular weight excluding hydrogens is 528 g/mol. The Morgan fingerprint density at radius 3 is 2.56 bits per heavy atom. The van der Waals surface area contributed by atoms with Gasteiger partial charge >= 0.3 is 12.1 Å². The van der Waals surface area contributed by atoms with Crippen molar-refractivity contribution in [3.8, 4) is 0 Å². The average molecular weight is 581 g/mol. The smallest absolute Gasteiger partial charge is 0.410 e. The maximum absolute atomic E-state index is 12.9. The highest BCUT2D eigenvalue weighted by atomic mass is 16.6. The lowest BCUT2D eigenvalue weighted by atomic mass is 9.85.